The first-order chi connectivity index (χ1) is 13.7. The van der Waals surface area contributed by atoms with Crippen LogP contribution in [0, 0.1) is 5.92 Å². The number of amides is 1. The van der Waals surface area contributed by atoms with Gasteiger partial charge in [-0.25, -0.2) is 4.79 Å². The maximum absolute atomic E-state index is 12.3. The van der Waals surface area contributed by atoms with E-state index in [4.69, 9.17) is 10.3 Å². The van der Waals surface area contributed by atoms with E-state index in [9.17, 15) is 24.2 Å². The summed E-state index contributed by atoms with van der Waals surface area (Å²) < 4.78 is 17.4. The van der Waals surface area contributed by atoms with Crippen molar-refractivity contribution in [3.05, 3.63) is 35.9 Å². The molecule has 0 aliphatic carbocycles. The average Bonchev–Trinajstić information content (AvgIpc) is 2.67. The molecule has 0 aromatic heterocycles. The van der Waals surface area contributed by atoms with Crippen LogP contribution < -0.4 is 11.1 Å². The van der Waals surface area contributed by atoms with Gasteiger partial charge < -0.3 is 21.1 Å². The van der Waals surface area contributed by atoms with E-state index in [1.165, 1.54) is 0 Å². The molecule has 5 N–H and O–H groups in total. The smallest absolute Gasteiger partial charge is 0.333 e. The molecular weight excluding hydrogens is 395 g/mol. The minimum atomic E-state index is -4.09. The first kappa shape index (κ1) is 25.3. The van der Waals surface area contributed by atoms with Gasteiger partial charge in [0, 0.05) is 13.0 Å². The van der Waals surface area contributed by atoms with Gasteiger partial charge in [0.05, 0.1) is 6.16 Å². The van der Waals surface area contributed by atoms with E-state index in [-0.39, 0.29) is 31.0 Å². The second-order valence-corrected chi connectivity index (χ2v) is 9.14. The normalized spacial score (nSPS) is 15.3. The number of benzene rings is 1. The maximum Gasteiger partial charge on any atom is 0.333 e. The summed E-state index contributed by atoms with van der Waals surface area (Å²) >= 11 is 0. The average molecular weight is 428 g/mol. The lowest BCUT2D eigenvalue weighted by atomic mass is 10.1. The third-order valence-electron chi connectivity index (χ3n) is 4.41. The largest absolute Gasteiger partial charge is 0.479 e. The SMILES string of the molecule is CC(CNC(=O)CCc1ccccc1)CP(=O)(O)O[C@@H](CCCCCN)C(=O)O. The van der Waals surface area contributed by atoms with E-state index in [1.54, 1.807) is 6.92 Å². The zero-order chi connectivity index (χ0) is 21.7. The van der Waals surface area contributed by atoms with Crippen LogP contribution in [0.15, 0.2) is 30.3 Å². The summed E-state index contributed by atoms with van der Waals surface area (Å²) in [4.78, 5) is 33.3. The molecule has 0 aliphatic heterocycles. The summed E-state index contributed by atoms with van der Waals surface area (Å²) in [6.07, 6.45) is 1.62. The van der Waals surface area contributed by atoms with Gasteiger partial charge in [-0.15, -0.1) is 0 Å². The Morgan fingerprint density at radius 1 is 1.21 bits per heavy atom. The molecule has 0 saturated heterocycles. The van der Waals surface area contributed by atoms with E-state index in [0.717, 1.165) is 18.4 Å². The van der Waals surface area contributed by atoms with Crippen LogP contribution in [-0.2, 0) is 25.1 Å². The Bertz CT molecular complexity index is 670. The van der Waals surface area contributed by atoms with Crippen molar-refractivity contribution in [3.63, 3.8) is 0 Å². The Balaban J connectivity index is 2.37. The lowest BCUT2D eigenvalue weighted by molar-refractivity contribution is -0.145. The van der Waals surface area contributed by atoms with Crippen molar-refractivity contribution < 1.29 is 28.7 Å². The highest BCUT2D eigenvalue weighted by molar-refractivity contribution is 7.52. The first-order valence-electron chi connectivity index (χ1n) is 9.97. The molecule has 0 spiro atoms. The predicted octanol–water partition coefficient (Wildman–Crippen LogP) is 2.55. The molecule has 9 heteroatoms. The lowest BCUT2D eigenvalue weighted by Crippen LogP contribution is -2.30. The third kappa shape index (κ3) is 11.8. The van der Waals surface area contributed by atoms with E-state index in [0.29, 0.717) is 25.8 Å². The second kappa shape index (κ2) is 13.5. The van der Waals surface area contributed by atoms with Crippen molar-refractivity contribution in [2.45, 2.75) is 51.6 Å². The Morgan fingerprint density at radius 3 is 2.52 bits per heavy atom. The van der Waals surface area contributed by atoms with Gasteiger partial charge in [-0.1, -0.05) is 50.1 Å². The second-order valence-electron chi connectivity index (χ2n) is 7.29. The van der Waals surface area contributed by atoms with Crippen LogP contribution in [0.25, 0.3) is 0 Å². The fraction of sp³-hybridized carbons (Fsp3) is 0.600. The number of unbranched alkanes of at least 4 members (excludes halogenated alkanes) is 2. The standard InChI is InChI=1S/C20H33N2O6P/c1-16(14-22-19(23)12-11-17-8-4-2-5-9-17)15-29(26,27)28-18(20(24)25)10-6-3-7-13-21/h2,4-5,8-9,16,18H,3,6-7,10-15,21H2,1H3,(H,22,23)(H,24,25)(H,26,27)/t16?,18-/m0/s1. The topological polar surface area (TPSA) is 139 Å². The molecule has 0 fully saturated rings. The minimum Gasteiger partial charge on any atom is -0.479 e. The van der Waals surface area contributed by atoms with Gasteiger partial charge in [-0.2, -0.15) is 0 Å². The zero-order valence-electron chi connectivity index (χ0n) is 17.0. The summed E-state index contributed by atoms with van der Waals surface area (Å²) in [7, 11) is -4.09. The van der Waals surface area contributed by atoms with Crippen molar-refractivity contribution >= 4 is 19.5 Å². The minimum absolute atomic E-state index is 0.141. The van der Waals surface area contributed by atoms with E-state index in [2.05, 4.69) is 5.32 Å². The van der Waals surface area contributed by atoms with Gasteiger partial charge >= 0.3 is 13.6 Å². The number of nitrogens with two attached hydrogens (primary N) is 1. The highest BCUT2D eigenvalue weighted by Gasteiger charge is 2.30. The lowest BCUT2D eigenvalue weighted by Gasteiger charge is -2.21. The molecule has 1 aromatic carbocycles. The van der Waals surface area contributed by atoms with Crippen molar-refractivity contribution in [2.24, 2.45) is 11.7 Å². The number of aryl methyl sites for hydroxylation is 1. The monoisotopic (exact) mass is 428 g/mol. The fourth-order valence-electron chi connectivity index (χ4n) is 2.85. The Hall–Kier alpha value is -1.73. The highest BCUT2D eigenvalue weighted by Crippen LogP contribution is 2.45. The van der Waals surface area contributed by atoms with Crippen LogP contribution >= 0.6 is 7.60 Å². The number of carbonyl (C=O) groups is 2. The molecule has 1 amide bonds. The molecule has 0 heterocycles. The molecule has 0 saturated carbocycles. The predicted molar refractivity (Wildman–Crippen MR) is 112 cm³/mol. The van der Waals surface area contributed by atoms with E-state index in [1.807, 2.05) is 30.3 Å². The van der Waals surface area contributed by atoms with Gasteiger partial charge in [0.15, 0.2) is 6.10 Å². The Morgan fingerprint density at radius 2 is 1.90 bits per heavy atom. The molecular formula is C20H33N2O6P. The van der Waals surface area contributed by atoms with Crippen LogP contribution in [0.2, 0.25) is 0 Å². The highest BCUT2D eigenvalue weighted by atomic mass is 31.2. The Kier molecular flexibility index (Phi) is 11.8. The third-order valence-corrected chi connectivity index (χ3v) is 6.08. The molecule has 3 atom stereocenters. The summed E-state index contributed by atoms with van der Waals surface area (Å²) in [5.41, 5.74) is 6.46. The number of hydrogen-bond acceptors (Lipinski definition) is 5. The van der Waals surface area contributed by atoms with Crippen molar-refractivity contribution in [2.75, 3.05) is 19.3 Å². The molecule has 0 bridgehead atoms. The quantitative estimate of drug-likeness (QED) is 0.249. The molecule has 0 aliphatic rings. The zero-order valence-corrected chi connectivity index (χ0v) is 17.9. The van der Waals surface area contributed by atoms with Crippen LogP contribution in [0.3, 0.4) is 0 Å². The number of nitrogens with one attached hydrogen (secondary N) is 1. The van der Waals surface area contributed by atoms with Crippen LogP contribution in [0.5, 0.6) is 0 Å². The van der Waals surface area contributed by atoms with Crippen molar-refractivity contribution in [3.8, 4) is 0 Å². The fourth-order valence-corrected chi connectivity index (χ4v) is 4.45. The van der Waals surface area contributed by atoms with Gasteiger partial charge in [-0.05, 0) is 37.3 Å². The van der Waals surface area contributed by atoms with Gasteiger partial charge in [0.1, 0.15) is 0 Å². The molecule has 8 nitrogen and oxygen atoms in total. The maximum atomic E-state index is 12.3. The van der Waals surface area contributed by atoms with Crippen molar-refractivity contribution in [1.82, 2.24) is 5.32 Å². The van der Waals surface area contributed by atoms with Gasteiger partial charge in [-0.3, -0.25) is 13.9 Å². The molecule has 0 radical (unpaired) electrons. The number of carboxylic acid groups (broad SMARTS) is 1. The molecule has 2 unspecified atom stereocenters. The van der Waals surface area contributed by atoms with Gasteiger partial charge in [0.25, 0.3) is 0 Å². The van der Waals surface area contributed by atoms with Gasteiger partial charge in [0.2, 0.25) is 5.91 Å². The number of carboxylic acids is 1. The van der Waals surface area contributed by atoms with E-state index < -0.39 is 19.7 Å². The number of rotatable bonds is 15. The molecule has 1 aromatic rings. The summed E-state index contributed by atoms with van der Waals surface area (Å²) in [6, 6.07) is 9.64. The summed E-state index contributed by atoms with van der Waals surface area (Å²) in [5.74, 6) is -1.73. The summed E-state index contributed by atoms with van der Waals surface area (Å²) in [5, 5.41) is 12.0. The summed E-state index contributed by atoms with van der Waals surface area (Å²) in [6.45, 7) is 2.45. The Labute approximate surface area is 172 Å². The number of carbonyl (C=O) groups excluding carboxylic acids is 1. The van der Waals surface area contributed by atoms with Crippen LogP contribution in [0.4, 0.5) is 0 Å². The number of aliphatic carboxylic acids is 1. The van der Waals surface area contributed by atoms with Crippen molar-refractivity contribution in [1.29, 1.82) is 0 Å². The molecule has 1 rings (SSSR count). The van der Waals surface area contributed by atoms with Crippen LogP contribution in [-0.4, -0.2) is 47.2 Å². The first-order valence-corrected chi connectivity index (χ1v) is 11.7. The molecule has 29 heavy (non-hydrogen) atoms. The molecule has 164 valence electrons. The van der Waals surface area contributed by atoms with Crippen LogP contribution in [0.1, 0.15) is 44.6 Å². The van der Waals surface area contributed by atoms with E-state index >= 15 is 0 Å². The number of hydrogen-bond donors (Lipinski definition) is 4.